The molecule has 2 atom stereocenters. The highest BCUT2D eigenvalue weighted by Crippen LogP contribution is 2.32. The van der Waals surface area contributed by atoms with Crippen LogP contribution in [0.2, 0.25) is 0 Å². The Hall–Kier alpha value is -0.250. The maximum absolute atomic E-state index is 12.0. The van der Waals surface area contributed by atoms with Gasteiger partial charge in [-0.25, -0.2) is 0 Å². The fourth-order valence-electron chi connectivity index (χ4n) is 0.891. The van der Waals surface area contributed by atoms with Crippen LogP contribution in [0, 0.1) is 11.8 Å². The van der Waals surface area contributed by atoms with Gasteiger partial charge in [-0.2, -0.15) is 13.2 Å². The largest absolute Gasteiger partial charge is 0.396 e. The minimum atomic E-state index is -4.26. The zero-order chi connectivity index (χ0) is 9.07. The molecule has 1 nitrogen and oxygen atoms in total. The van der Waals surface area contributed by atoms with Crippen molar-refractivity contribution in [1.29, 1.82) is 0 Å². The molecule has 0 bridgehead atoms. The third kappa shape index (κ3) is 3.10. The van der Waals surface area contributed by atoms with E-state index >= 15 is 0 Å². The minimum absolute atomic E-state index is 0.435. The van der Waals surface area contributed by atoms with Crippen LogP contribution < -0.4 is 0 Å². The Labute approximate surface area is 64.2 Å². The van der Waals surface area contributed by atoms with E-state index in [1.165, 1.54) is 6.92 Å². The Balaban J connectivity index is 4.16. The quantitative estimate of drug-likeness (QED) is 0.688. The molecule has 0 aliphatic rings. The summed E-state index contributed by atoms with van der Waals surface area (Å²) < 4.78 is 36.0. The maximum Gasteiger partial charge on any atom is 0.394 e. The number of aliphatic hydroxyl groups excluding tert-OH is 1. The number of aliphatic hydroxyl groups is 1. The summed E-state index contributed by atoms with van der Waals surface area (Å²) in [6, 6.07) is 0. The molecule has 0 saturated carbocycles. The van der Waals surface area contributed by atoms with Gasteiger partial charge in [0.2, 0.25) is 0 Å². The van der Waals surface area contributed by atoms with Crippen LogP contribution in [0.1, 0.15) is 20.3 Å². The number of halogens is 3. The summed E-state index contributed by atoms with van der Waals surface area (Å²) >= 11 is 0. The van der Waals surface area contributed by atoms with Crippen LogP contribution in [0.25, 0.3) is 0 Å². The summed E-state index contributed by atoms with van der Waals surface area (Å²) in [6.07, 6.45) is -3.82. The normalized spacial score (nSPS) is 18.0. The molecular weight excluding hydrogens is 157 g/mol. The van der Waals surface area contributed by atoms with Crippen LogP contribution in [0.15, 0.2) is 0 Å². The molecule has 4 heteroatoms. The molecule has 0 aromatic rings. The molecule has 1 N–H and O–H groups in total. The molecule has 0 radical (unpaired) electrons. The lowest BCUT2D eigenvalue weighted by molar-refractivity contribution is -0.197. The Bertz CT molecular complexity index is 111. The van der Waals surface area contributed by atoms with Crippen molar-refractivity contribution in [2.24, 2.45) is 11.8 Å². The molecule has 2 unspecified atom stereocenters. The molecule has 0 spiro atoms. The van der Waals surface area contributed by atoms with Crippen LogP contribution >= 0.6 is 0 Å². The molecule has 0 amide bonds. The van der Waals surface area contributed by atoms with E-state index in [1.54, 1.807) is 6.92 Å². The van der Waals surface area contributed by atoms with E-state index < -0.39 is 24.6 Å². The zero-order valence-corrected chi connectivity index (χ0v) is 6.65. The average Bonchev–Trinajstić information content (AvgIpc) is 1.86. The van der Waals surface area contributed by atoms with Crippen molar-refractivity contribution in [2.45, 2.75) is 26.4 Å². The first-order valence-electron chi connectivity index (χ1n) is 3.61. The van der Waals surface area contributed by atoms with Gasteiger partial charge in [0.1, 0.15) is 0 Å². The van der Waals surface area contributed by atoms with E-state index in [-0.39, 0.29) is 0 Å². The summed E-state index contributed by atoms with van der Waals surface area (Å²) in [7, 11) is 0. The molecule has 68 valence electrons. The number of hydrogen-bond donors (Lipinski definition) is 1. The highest BCUT2D eigenvalue weighted by atomic mass is 19.4. The van der Waals surface area contributed by atoms with E-state index in [4.69, 9.17) is 5.11 Å². The van der Waals surface area contributed by atoms with Crippen molar-refractivity contribution in [3.63, 3.8) is 0 Å². The standard InChI is InChI=1S/C7H13F3O/c1-3-5(2)6(4-11)7(8,9)10/h5-6,11H,3-4H2,1-2H3. The van der Waals surface area contributed by atoms with Crippen molar-refractivity contribution in [1.82, 2.24) is 0 Å². The Kier molecular flexibility index (Phi) is 3.86. The van der Waals surface area contributed by atoms with Crippen molar-refractivity contribution < 1.29 is 18.3 Å². The molecule has 0 aromatic carbocycles. The second kappa shape index (κ2) is 3.95. The van der Waals surface area contributed by atoms with Crippen molar-refractivity contribution >= 4 is 0 Å². The fourth-order valence-corrected chi connectivity index (χ4v) is 0.891. The minimum Gasteiger partial charge on any atom is -0.396 e. The van der Waals surface area contributed by atoms with Gasteiger partial charge in [0.25, 0.3) is 0 Å². The molecule has 0 fully saturated rings. The van der Waals surface area contributed by atoms with Crippen molar-refractivity contribution in [2.75, 3.05) is 6.61 Å². The first-order valence-corrected chi connectivity index (χ1v) is 3.61. The van der Waals surface area contributed by atoms with E-state index in [0.29, 0.717) is 6.42 Å². The average molecular weight is 170 g/mol. The van der Waals surface area contributed by atoms with Crippen LogP contribution in [-0.4, -0.2) is 17.9 Å². The molecule has 0 saturated heterocycles. The molecule has 0 rings (SSSR count). The Morgan fingerprint density at radius 1 is 1.36 bits per heavy atom. The van der Waals surface area contributed by atoms with Crippen LogP contribution in [0.4, 0.5) is 13.2 Å². The van der Waals surface area contributed by atoms with Gasteiger partial charge in [0.05, 0.1) is 12.5 Å². The molecule has 0 aliphatic carbocycles. The Morgan fingerprint density at radius 2 is 1.82 bits per heavy atom. The smallest absolute Gasteiger partial charge is 0.394 e. The molecule has 0 aromatic heterocycles. The van der Waals surface area contributed by atoms with E-state index in [9.17, 15) is 13.2 Å². The molecule has 11 heavy (non-hydrogen) atoms. The summed E-state index contributed by atoms with van der Waals surface area (Å²) in [5.41, 5.74) is 0. The van der Waals surface area contributed by atoms with E-state index in [0.717, 1.165) is 0 Å². The topological polar surface area (TPSA) is 20.2 Å². The molecule has 0 heterocycles. The predicted octanol–water partition coefficient (Wildman–Crippen LogP) is 2.20. The van der Waals surface area contributed by atoms with Gasteiger partial charge in [-0.15, -0.1) is 0 Å². The first kappa shape index (κ1) is 10.8. The van der Waals surface area contributed by atoms with Gasteiger partial charge in [-0.3, -0.25) is 0 Å². The van der Waals surface area contributed by atoms with Crippen LogP contribution in [0.5, 0.6) is 0 Å². The predicted molar refractivity (Wildman–Crippen MR) is 36.1 cm³/mol. The van der Waals surface area contributed by atoms with E-state index in [2.05, 4.69) is 0 Å². The van der Waals surface area contributed by atoms with Gasteiger partial charge in [0, 0.05) is 0 Å². The monoisotopic (exact) mass is 170 g/mol. The van der Waals surface area contributed by atoms with Gasteiger partial charge in [-0.05, 0) is 5.92 Å². The summed E-state index contributed by atoms with van der Waals surface area (Å²) in [6.45, 7) is 2.37. The summed E-state index contributed by atoms with van der Waals surface area (Å²) in [5.74, 6) is -2.06. The highest BCUT2D eigenvalue weighted by molar-refractivity contribution is 4.71. The summed E-state index contributed by atoms with van der Waals surface area (Å²) in [4.78, 5) is 0. The van der Waals surface area contributed by atoms with Crippen LogP contribution in [-0.2, 0) is 0 Å². The third-order valence-electron chi connectivity index (χ3n) is 1.95. The maximum atomic E-state index is 12.0. The third-order valence-corrected chi connectivity index (χ3v) is 1.95. The van der Waals surface area contributed by atoms with Gasteiger partial charge in [-0.1, -0.05) is 20.3 Å². The van der Waals surface area contributed by atoms with Crippen molar-refractivity contribution in [3.05, 3.63) is 0 Å². The number of rotatable bonds is 3. The van der Waals surface area contributed by atoms with Crippen molar-refractivity contribution in [3.8, 4) is 0 Å². The SMILES string of the molecule is CCC(C)C(CO)C(F)(F)F. The van der Waals surface area contributed by atoms with Gasteiger partial charge < -0.3 is 5.11 Å². The summed E-state index contributed by atoms with van der Waals surface area (Å²) in [5, 5.41) is 8.44. The lowest BCUT2D eigenvalue weighted by Crippen LogP contribution is -2.31. The van der Waals surface area contributed by atoms with Crippen LogP contribution in [0.3, 0.4) is 0 Å². The lowest BCUT2D eigenvalue weighted by atomic mass is 9.92. The van der Waals surface area contributed by atoms with E-state index in [1.807, 2.05) is 0 Å². The second-order valence-electron chi connectivity index (χ2n) is 2.72. The molecular formula is C7H13F3O. The number of alkyl halides is 3. The fraction of sp³-hybridized carbons (Fsp3) is 1.00. The Morgan fingerprint density at radius 3 is 1.91 bits per heavy atom. The van der Waals surface area contributed by atoms with Gasteiger partial charge >= 0.3 is 6.18 Å². The zero-order valence-electron chi connectivity index (χ0n) is 6.65. The first-order chi connectivity index (χ1) is 4.93. The lowest BCUT2D eigenvalue weighted by Gasteiger charge is -2.23. The highest BCUT2D eigenvalue weighted by Gasteiger charge is 2.41. The van der Waals surface area contributed by atoms with Gasteiger partial charge in [0.15, 0.2) is 0 Å². The molecule has 0 aliphatic heterocycles. The number of hydrogen-bond acceptors (Lipinski definition) is 1. The second-order valence-corrected chi connectivity index (χ2v) is 2.72.